The standard InChI is InChI=1S/C23H21N3O4S.C6H14O/c1-4-30-19-11-15(14(2)27)9-10-17(19)25-22-12-21-18(13-24-22)26(3)23(28)16-7-5-6-8-20(16)31(21)29;1-3-5-7-6-4-2/h5-13H,4H2,1-3H3,(H,24,25);3-6H2,1-2H3. The number of nitrogens with one attached hydrogen (secondary N) is 1. The van der Waals surface area contributed by atoms with Gasteiger partial charge in [-0.1, -0.05) is 26.0 Å². The van der Waals surface area contributed by atoms with E-state index in [1.807, 2.05) is 6.92 Å². The van der Waals surface area contributed by atoms with Crippen LogP contribution in [0.4, 0.5) is 17.2 Å². The summed E-state index contributed by atoms with van der Waals surface area (Å²) >= 11 is 0. The van der Waals surface area contributed by atoms with Crippen molar-refractivity contribution in [2.75, 3.05) is 37.1 Å². The van der Waals surface area contributed by atoms with Crippen LogP contribution in [-0.4, -0.2) is 47.8 Å². The lowest BCUT2D eigenvalue weighted by molar-refractivity contribution is 0.0987. The molecule has 1 aliphatic rings. The summed E-state index contributed by atoms with van der Waals surface area (Å²) in [5.74, 6) is 0.677. The molecule has 9 heteroatoms. The average molecular weight is 538 g/mol. The number of nitrogens with zero attached hydrogens (tertiary/aromatic N) is 2. The Kier molecular flexibility index (Phi) is 10.6. The highest BCUT2D eigenvalue weighted by Crippen LogP contribution is 2.36. The van der Waals surface area contributed by atoms with Crippen LogP contribution in [0.1, 0.15) is 61.3 Å². The number of carbonyl (C=O) groups is 2. The Morgan fingerprint density at radius 2 is 1.74 bits per heavy atom. The molecule has 0 aliphatic carbocycles. The zero-order valence-corrected chi connectivity index (χ0v) is 23.4. The summed E-state index contributed by atoms with van der Waals surface area (Å²) in [7, 11) is 0.0877. The Morgan fingerprint density at radius 1 is 1.03 bits per heavy atom. The van der Waals surface area contributed by atoms with Crippen molar-refractivity contribution in [1.29, 1.82) is 0 Å². The van der Waals surface area contributed by atoms with Crippen molar-refractivity contribution >= 4 is 39.7 Å². The third-order valence-electron chi connectivity index (χ3n) is 5.68. The van der Waals surface area contributed by atoms with Crippen LogP contribution in [0.15, 0.2) is 64.5 Å². The fraction of sp³-hybridized carbons (Fsp3) is 0.345. The van der Waals surface area contributed by atoms with Crippen molar-refractivity contribution < 1.29 is 23.3 Å². The van der Waals surface area contributed by atoms with Crippen molar-refractivity contribution in [3.63, 3.8) is 0 Å². The number of amides is 1. The molecule has 0 bridgehead atoms. The highest BCUT2D eigenvalue weighted by atomic mass is 32.2. The van der Waals surface area contributed by atoms with Crippen molar-refractivity contribution in [1.82, 2.24) is 4.98 Å². The summed E-state index contributed by atoms with van der Waals surface area (Å²) in [5, 5.41) is 3.18. The lowest BCUT2D eigenvalue weighted by Crippen LogP contribution is -2.26. The molecule has 38 heavy (non-hydrogen) atoms. The number of hydrogen-bond donors (Lipinski definition) is 1. The molecule has 2 aromatic carbocycles. The number of hydrogen-bond acceptors (Lipinski definition) is 7. The normalized spacial score (nSPS) is 14.0. The van der Waals surface area contributed by atoms with Gasteiger partial charge in [-0.3, -0.25) is 9.59 Å². The molecule has 1 unspecified atom stereocenters. The first-order valence-corrected chi connectivity index (χ1v) is 13.9. The van der Waals surface area contributed by atoms with E-state index in [0.717, 1.165) is 26.1 Å². The molecular weight excluding hydrogens is 502 g/mol. The SMILES string of the molecule is CCCOCCC.CCOc1cc(C(C)=O)ccc1Nc1cc2c(cn1)N(C)C(=O)c1ccccc1S2=O. The molecule has 1 aromatic heterocycles. The highest BCUT2D eigenvalue weighted by molar-refractivity contribution is 7.85. The average Bonchev–Trinajstić information content (AvgIpc) is 3.00. The molecule has 0 fully saturated rings. The maximum absolute atomic E-state index is 13.3. The minimum absolute atomic E-state index is 0.0579. The Morgan fingerprint density at radius 3 is 2.39 bits per heavy atom. The number of aromatic nitrogens is 1. The number of anilines is 3. The maximum Gasteiger partial charge on any atom is 0.259 e. The number of rotatable bonds is 9. The molecule has 8 nitrogen and oxygen atoms in total. The van der Waals surface area contributed by atoms with Crippen LogP contribution in [0, 0.1) is 0 Å². The molecule has 1 amide bonds. The summed E-state index contributed by atoms with van der Waals surface area (Å²) in [6.07, 6.45) is 3.81. The second-order valence-electron chi connectivity index (χ2n) is 8.60. The first kappa shape index (κ1) is 29.0. The Hall–Kier alpha value is -3.56. The number of carbonyl (C=O) groups excluding carboxylic acids is 2. The van der Waals surface area contributed by atoms with Crippen molar-refractivity contribution in [2.24, 2.45) is 0 Å². The predicted molar refractivity (Wildman–Crippen MR) is 150 cm³/mol. The van der Waals surface area contributed by atoms with Crippen LogP contribution < -0.4 is 15.0 Å². The molecule has 2 heterocycles. The lowest BCUT2D eigenvalue weighted by atomic mass is 10.1. The fourth-order valence-electron chi connectivity index (χ4n) is 3.76. The van der Waals surface area contributed by atoms with E-state index in [1.165, 1.54) is 18.0 Å². The van der Waals surface area contributed by atoms with Crippen molar-refractivity contribution in [3.8, 4) is 5.75 Å². The number of ketones is 1. The van der Waals surface area contributed by atoms with Crippen LogP contribution in [0.5, 0.6) is 5.75 Å². The first-order chi connectivity index (χ1) is 18.3. The third-order valence-corrected chi connectivity index (χ3v) is 7.16. The van der Waals surface area contributed by atoms with Crippen molar-refractivity contribution in [2.45, 2.75) is 50.3 Å². The predicted octanol–water partition coefficient (Wildman–Crippen LogP) is 6.01. The largest absolute Gasteiger partial charge is 0.492 e. The molecular formula is C29H35N3O5S. The van der Waals surface area contributed by atoms with Crippen molar-refractivity contribution in [3.05, 3.63) is 65.9 Å². The van der Waals surface area contributed by atoms with Gasteiger partial charge in [0.2, 0.25) is 0 Å². The monoisotopic (exact) mass is 537 g/mol. The minimum Gasteiger partial charge on any atom is -0.492 e. The topological polar surface area (TPSA) is 97.8 Å². The van der Waals surface area contributed by atoms with Gasteiger partial charge in [-0.25, -0.2) is 9.19 Å². The van der Waals surface area contributed by atoms with Crippen LogP contribution >= 0.6 is 0 Å². The van der Waals surface area contributed by atoms with Gasteiger partial charge < -0.3 is 19.7 Å². The van der Waals surface area contributed by atoms with Gasteiger partial charge in [-0.15, -0.1) is 0 Å². The molecule has 0 saturated carbocycles. The maximum atomic E-state index is 13.3. The molecule has 202 valence electrons. The molecule has 3 aromatic rings. The van der Waals surface area contributed by atoms with Crippen LogP contribution in [0.3, 0.4) is 0 Å². The first-order valence-electron chi connectivity index (χ1n) is 12.7. The zero-order chi connectivity index (χ0) is 27.7. The number of benzene rings is 2. The quantitative estimate of drug-likeness (QED) is 0.264. The van der Waals surface area contributed by atoms with Crippen LogP contribution in [0.25, 0.3) is 0 Å². The fourth-order valence-corrected chi connectivity index (χ4v) is 5.15. The van der Waals surface area contributed by atoms with Gasteiger partial charge in [0.15, 0.2) is 5.78 Å². The van der Waals surface area contributed by atoms with E-state index in [1.54, 1.807) is 55.6 Å². The molecule has 0 saturated heterocycles. The van der Waals surface area contributed by atoms with E-state index in [0.29, 0.717) is 50.5 Å². The smallest absolute Gasteiger partial charge is 0.259 e. The van der Waals surface area contributed by atoms with Gasteiger partial charge in [-0.2, -0.15) is 0 Å². The number of Topliss-reactive ketones (excluding diaryl/α,β-unsaturated/α-hetero) is 1. The van der Waals surface area contributed by atoms with E-state index >= 15 is 0 Å². The lowest BCUT2D eigenvalue weighted by Gasteiger charge is -2.18. The second-order valence-corrected chi connectivity index (χ2v) is 10.0. The molecule has 1 atom stereocenters. The summed E-state index contributed by atoms with van der Waals surface area (Å²) in [5.41, 5.74) is 2.07. The van der Waals surface area contributed by atoms with Gasteiger partial charge in [0, 0.05) is 25.8 Å². The van der Waals surface area contributed by atoms with E-state index in [-0.39, 0.29) is 11.7 Å². The summed E-state index contributed by atoms with van der Waals surface area (Å²) in [4.78, 5) is 31.4. The summed E-state index contributed by atoms with van der Waals surface area (Å²) in [6.45, 7) is 9.88. The zero-order valence-electron chi connectivity index (χ0n) is 22.6. The Balaban J connectivity index is 0.000000505. The molecule has 1 aliphatic heterocycles. The van der Waals surface area contributed by atoms with Gasteiger partial charge in [0.25, 0.3) is 5.91 Å². The number of fused-ring (bicyclic) bond motifs is 2. The number of pyridine rings is 1. The van der Waals surface area contributed by atoms with E-state index in [4.69, 9.17) is 9.47 Å². The summed E-state index contributed by atoms with van der Waals surface area (Å²) in [6, 6.07) is 13.7. The molecule has 1 N–H and O–H groups in total. The Labute approximate surface area is 226 Å². The Bertz CT molecular complexity index is 1310. The van der Waals surface area contributed by atoms with Gasteiger partial charge in [0.05, 0.1) is 50.3 Å². The van der Waals surface area contributed by atoms with E-state index in [9.17, 15) is 13.8 Å². The van der Waals surface area contributed by atoms with Gasteiger partial charge >= 0.3 is 0 Å². The van der Waals surface area contributed by atoms with Crippen LogP contribution in [0.2, 0.25) is 0 Å². The van der Waals surface area contributed by atoms with Crippen LogP contribution in [-0.2, 0) is 15.5 Å². The van der Waals surface area contributed by atoms with E-state index < -0.39 is 10.8 Å². The molecule has 4 rings (SSSR count). The van der Waals surface area contributed by atoms with E-state index in [2.05, 4.69) is 24.1 Å². The second kappa shape index (κ2) is 13.8. The summed E-state index contributed by atoms with van der Waals surface area (Å²) < 4.78 is 24.1. The highest BCUT2D eigenvalue weighted by Gasteiger charge is 2.29. The molecule has 0 spiro atoms. The number of ether oxygens (including phenoxy) is 2. The minimum atomic E-state index is -1.55. The van der Waals surface area contributed by atoms with Gasteiger partial charge in [0.1, 0.15) is 11.6 Å². The third kappa shape index (κ3) is 6.85. The van der Waals surface area contributed by atoms with Gasteiger partial charge in [-0.05, 0) is 63.1 Å². The molecule has 0 radical (unpaired) electrons.